The van der Waals surface area contributed by atoms with Gasteiger partial charge in [-0.15, -0.1) is 10.2 Å². The number of ether oxygens (including phenoxy) is 1. The minimum atomic E-state index is -0.187. The molecular weight excluding hydrogens is 260 g/mol. The molecule has 0 fully saturated rings. The van der Waals surface area contributed by atoms with E-state index in [1.165, 1.54) is 0 Å². The molecule has 0 spiro atoms. The third-order valence-corrected chi connectivity index (χ3v) is 2.78. The number of rotatable bonds is 4. The van der Waals surface area contributed by atoms with Gasteiger partial charge in [-0.25, -0.2) is 0 Å². The molecule has 5 heteroatoms. The van der Waals surface area contributed by atoms with Crippen LogP contribution in [0.25, 0.3) is 0 Å². The predicted molar refractivity (Wildman–Crippen MR) is 60.8 cm³/mol. The van der Waals surface area contributed by atoms with Crippen molar-refractivity contribution in [1.29, 1.82) is 0 Å². The molecule has 1 aromatic rings. The molecule has 0 saturated carbocycles. The molecule has 0 aromatic carbocycles. The van der Waals surface area contributed by atoms with Gasteiger partial charge in [-0.3, -0.25) is 0 Å². The van der Waals surface area contributed by atoms with Gasteiger partial charge in [0, 0.05) is 0 Å². The Morgan fingerprint density at radius 3 is 2.60 bits per heavy atom. The van der Waals surface area contributed by atoms with Gasteiger partial charge in [0.25, 0.3) is 0 Å². The molecule has 1 unspecified atom stereocenters. The molecule has 15 heavy (non-hydrogen) atoms. The van der Waals surface area contributed by atoms with Crippen LogP contribution in [0.5, 0.6) is 0 Å². The number of nitrogens with zero attached hydrogens (tertiary/aromatic N) is 2. The SMILES string of the molecule is CCC(Br)c1nnc(COC(C)(C)C)o1. The van der Waals surface area contributed by atoms with Crippen molar-refractivity contribution in [2.75, 3.05) is 0 Å². The monoisotopic (exact) mass is 276 g/mol. The lowest BCUT2D eigenvalue weighted by molar-refractivity contribution is -0.0247. The Morgan fingerprint density at radius 1 is 1.40 bits per heavy atom. The van der Waals surface area contributed by atoms with E-state index in [9.17, 15) is 0 Å². The summed E-state index contributed by atoms with van der Waals surface area (Å²) in [5, 5.41) is 7.86. The van der Waals surface area contributed by atoms with Crippen molar-refractivity contribution < 1.29 is 9.15 Å². The summed E-state index contributed by atoms with van der Waals surface area (Å²) >= 11 is 3.45. The van der Waals surface area contributed by atoms with Gasteiger partial charge >= 0.3 is 0 Å². The highest BCUT2D eigenvalue weighted by molar-refractivity contribution is 9.09. The van der Waals surface area contributed by atoms with Crippen LogP contribution in [0.15, 0.2) is 4.42 Å². The molecule has 4 nitrogen and oxygen atoms in total. The van der Waals surface area contributed by atoms with Crippen LogP contribution >= 0.6 is 15.9 Å². The topological polar surface area (TPSA) is 48.2 Å². The Morgan fingerprint density at radius 2 is 2.07 bits per heavy atom. The third-order valence-electron chi connectivity index (χ3n) is 1.74. The van der Waals surface area contributed by atoms with Gasteiger partial charge in [0.1, 0.15) is 6.61 Å². The average Bonchev–Trinajstić information content (AvgIpc) is 2.61. The van der Waals surface area contributed by atoms with Crippen LogP contribution in [0, 0.1) is 0 Å². The van der Waals surface area contributed by atoms with Crippen molar-refractivity contribution in [3.63, 3.8) is 0 Å². The van der Waals surface area contributed by atoms with E-state index < -0.39 is 0 Å². The molecule has 1 rings (SSSR count). The van der Waals surface area contributed by atoms with Crippen LogP contribution in [0.4, 0.5) is 0 Å². The van der Waals surface area contributed by atoms with Crippen molar-refractivity contribution in [2.24, 2.45) is 0 Å². The van der Waals surface area contributed by atoms with Gasteiger partial charge in [0.15, 0.2) is 0 Å². The molecule has 0 N–H and O–H groups in total. The molecule has 0 aliphatic carbocycles. The van der Waals surface area contributed by atoms with E-state index in [0.29, 0.717) is 18.4 Å². The zero-order valence-corrected chi connectivity index (χ0v) is 11.2. The summed E-state index contributed by atoms with van der Waals surface area (Å²) in [6.45, 7) is 8.38. The summed E-state index contributed by atoms with van der Waals surface area (Å²) in [5.41, 5.74) is -0.187. The van der Waals surface area contributed by atoms with Crippen LogP contribution in [0.2, 0.25) is 0 Å². The first-order chi connectivity index (χ1) is 6.92. The van der Waals surface area contributed by atoms with Gasteiger partial charge in [-0.1, -0.05) is 22.9 Å². The summed E-state index contributed by atoms with van der Waals surface area (Å²) in [4.78, 5) is 0.133. The minimum Gasteiger partial charge on any atom is -0.422 e. The van der Waals surface area contributed by atoms with Crippen molar-refractivity contribution in [3.05, 3.63) is 11.8 Å². The first-order valence-electron chi connectivity index (χ1n) is 5.02. The van der Waals surface area contributed by atoms with Gasteiger partial charge in [-0.2, -0.15) is 0 Å². The molecule has 1 heterocycles. The highest BCUT2D eigenvalue weighted by Gasteiger charge is 2.16. The fraction of sp³-hybridized carbons (Fsp3) is 0.800. The van der Waals surface area contributed by atoms with E-state index in [0.717, 1.165) is 6.42 Å². The standard InChI is InChI=1S/C10H17BrN2O2/c1-5-7(11)9-13-12-8(15-9)6-14-10(2,3)4/h7H,5-6H2,1-4H3. The molecule has 86 valence electrons. The maximum atomic E-state index is 5.53. The van der Waals surface area contributed by atoms with E-state index in [4.69, 9.17) is 9.15 Å². The van der Waals surface area contributed by atoms with Gasteiger partial charge in [-0.05, 0) is 27.2 Å². The first kappa shape index (κ1) is 12.6. The highest BCUT2D eigenvalue weighted by Crippen LogP contribution is 2.24. The summed E-state index contributed by atoms with van der Waals surface area (Å²) < 4.78 is 11.0. The molecule has 0 amide bonds. The smallest absolute Gasteiger partial charge is 0.242 e. The summed E-state index contributed by atoms with van der Waals surface area (Å²) in [5.74, 6) is 1.14. The number of hydrogen-bond acceptors (Lipinski definition) is 4. The molecule has 0 bridgehead atoms. The Bertz CT molecular complexity index is 307. The van der Waals surface area contributed by atoms with Crippen molar-refractivity contribution in [1.82, 2.24) is 10.2 Å². The highest BCUT2D eigenvalue weighted by atomic mass is 79.9. The number of aromatic nitrogens is 2. The molecule has 0 radical (unpaired) electrons. The van der Waals surface area contributed by atoms with Crippen LogP contribution < -0.4 is 0 Å². The lowest BCUT2D eigenvalue weighted by Gasteiger charge is -2.17. The van der Waals surface area contributed by atoms with Gasteiger partial charge in [0.05, 0.1) is 10.4 Å². The van der Waals surface area contributed by atoms with Crippen LogP contribution in [0.1, 0.15) is 50.7 Å². The number of alkyl halides is 1. The van der Waals surface area contributed by atoms with E-state index in [2.05, 4.69) is 33.1 Å². The second-order valence-electron chi connectivity index (χ2n) is 4.31. The van der Waals surface area contributed by atoms with Crippen molar-refractivity contribution in [3.8, 4) is 0 Å². The lowest BCUT2D eigenvalue weighted by atomic mass is 10.2. The molecule has 0 saturated heterocycles. The van der Waals surface area contributed by atoms with Gasteiger partial charge in [0.2, 0.25) is 11.8 Å². The second-order valence-corrected chi connectivity index (χ2v) is 5.42. The molecular formula is C10H17BrN2O2. The summed E-state index contributed by atoms with van der Waals surface area (Å²) in [7, 11) is 0. The predicted octanol–water partition coefficient (Wildman–Crippen LogP) is 3.23. The molecule has 0 aliphatic heterocycles. The van der Waals surface area contributed by atoms with Crippen molar-refractivity contribution >= 4 is 15.9 Å². The Balaban J connectivity index is 2.53. The maximum Gasteiger partial charge on any atom is 0.242 e. The quantitative estimate of drug-likeness (QED) is 0.793. The Labute approximate surface area is 98.5 Å². The third kappa shape index (κ3) is 4.30. The van der Waals surface area contributed by atoms with Crippen LogP contribution in [-0.2, 0) is 11.3 Å². The normalized spacial score (nSPS) is 14.2. The molecule has 1 atom stereocenters. The molecule has 1 aromatic heterocycles. The minimum absolute atomic E-state index is 0.133. The van der Waals surface area contributed by atoms with Crippen LogP contribution in [0.3, 0.4) is 0 Å². The Hall–Kier alpha value is -0.420. The number of hydrogen-bond donors (Lipinski definition) is 0. The van der Waals surface area contributed by atoms with E-state index in [1.807, 2.05) is 20.8 Å². The lowest BCUT2D eigenvalue weighted by Crippen LogP contribution is -2.18. The number of halogens is 1. The molecule has 0 aliphatic rings. The second kappa shape index (κ2) is 5.07. The average molecular weight is 277 g/mol. The maximum absolute atomic E-state index is 5.53. The first-order valence-corrected chi connectivity index (χ1v) is 5.94. The zero-order valence-electron chi connectivity index (χ0n) is 9.58. The van der Waals surface area contributed by atoms with E-state index in [-0.39, 0.29) is 10.4 Å². The fourth-order valence-electron chi connectivity index (χ4n) is 0.904. The largest absolute Gasteiger partial charge is 0.422 e. The Kier molecular flexibility index (Phi) is 4.28. The van der Waals surface area contributed by atoms with Crippen molar-refractivity contribution in [2.45, 2.75) is 51.2 Å². The zero-order chi connectivity index (χ0) is 11.5. The van der Waals surface area contributed by atoms with Gasteiger partial charge < -0.3 is 9.15 Å². The fourth-order valence-corrected chi connectivity index (χ4v) is 1.09. The summed E-state index contributed by atoms with van der Waals surface area (Å²) in [6, 6.07) is 0. The van der Waals surface area contributed by atoms with E-state index >= 15 is 0 Å². The summed E-state index contributed by atoms with van der Waals surface area (Å²) in [6.07, 6.45) is 0.918. The van der Waals surface area contributed by atoms with E-state index in [1.54, 1.807) is 0 Å². The van der Waals surface area contributed by atoms with Crippen LogP contribution in [-0.4, -0.2) is 15.8 Å².